The lowest BCUT2D eigenvalue weighted by Gasteiger charge is -2.14. The molecule has 12 heteroatoms. The van der Waals surface area contributed by atoms with Crippen LogP contribution in [0.2, 0.25) is 0 Å². The number of halogens is 1. The van der Waals surface area contributed by atoms with Gasteiger partial charge in [-0.3, -0.25) is 9.59 Å². The number of amides is 2. The molecule has 0 aliphatic rings. The minimum atomic E-state index is -0.669. The van der Waals surface area contributed by atoms with Crippen LogP contribution in [0, 0.1) is 0 Å². The summed E-state index contributed by atoms with van der Waals surface area (Å²) in [6, 6.07) is 14.7. The van der Waals surface area contributed by atoms with Crippen LogP contribution in [-0.2, 0) is 4.79 Å². The summed E-state index contributed by atoms with van der Waals surface area (Å²) < 4.78 is 27.4. The summed E-state index contributed by atoms with van der Waals surface area (Å²) in [4.78, 5) is 37.1. The molecule has 3 aromatic rings. The van der Waals surface area contributed by atoms with Crippen LogP contribution in [0.4, 0.5) is 0 Å². The molecule has 3 aromatic carbocycles. The first-order valence-electron chi connectivity index (χ1n) is 11.9. The monoisotopic (exact) mass is 613 g/mol. The SMILES string of the molecule is COc1cc(/C=N\NC(=O)CCNC(=O)c2ccccc2Br)ccc1OC(=O)c1cc(OC)c(OC)c(OC)c1. The van der Waals surface area contributed by atoms with Crippen molar-refractivity contribution in [2.24, 2.45) is 5.10 Å². The van der Waals surface area contributed by atoms with E-state index in [9.17, 15) is 14.4 Å². The molecule has 0 saturated heterocycles. The van der Waals surface area contributed by atoms with Crippen molar-refractivity contribution in [1.82, 2.24) is 10.7 Å². The molecular formula is C28H28BrN3O8. The molecule has 210 valence electrons. The molecule has 40 heavy (non-hydrogen) atoms. The topological polar surface area (TPSA) is 134 Å². The van der Waals surface area contributed by atoms with Gasteiger partial charge in [-0.2, -0.15) is 5.10 Å². The normalized spacial score (nSPS) is 10.5. The van der Waals surface area contributed by atoms with Gasteiger partial charge in [-0.15, -0.1) is 0 Å². The van der Waals surface area contributed by atoms with Crippen LogP contribution in [0.5, 0.6) is 28.7 Å². The van der Waals surface area contributed by atoms with Crippen molar-refractivity contribution >= 4 is 39.9 Å². The molecule has 3 rings (SSSR count). The Labute approximate surface area is 239 Å². The van der Waals surface area contributed by atoms with Gasteiger partial charge in [0.05, 0.1) is 45.8 Å². The quantitative estimate of drug-likeness (QED) is 0.136. The smallest absolute Gasteiger partial charge is 0.343 e. The molecular weight excluding hydrogens is 586 g/mol. The van der Waals surface area contributed by atoms with E-state index in [1.807, 2.05) is 0 Å². The Morgan fingerprint density at radius 3 is 2.15 bits per heavy atom. The molecule has 0 aromatic heterocycles. The molecule has 2 N–H and O–H groups in total. The van der Waals surface area contributed by atoms with Gasteiger partial charge in [-0.25, -0.2) is 10.2 Å². The molecule has 0 radical (unpaired) electrons. The van der Waals surface area contributed by atoms with Crippen LogP contribution >= 0.6 is 15.9 Å². The van der Waals surface area contributed by atoms with E-state index in [1.165, 1.54) is 52.9 Å². The zero-order valence-corrected chi connectivity index (χ0v) is 23.9. The largest absolute Gasteiger partial charge is 0.493 e. The maximum Gasteiger partial charge on any atom is 0.343 e. The summed E-state index contributed by atoms with van der Waals surface area (Å²) in [5.41, 5.74) is 3.64. The lowest BCUT2D eigenvalue weighted by molar-refractivity contribution is -0.120. The van der Waals surface area contributed by atoms with E-state index in [0.29, 0.717) is 32.8 Å². The van der Waals surface area contributed by atoms with Gasteiger partial charge in [-0.05, 0) is 64.0 Å². The van der Waals surface area contributed by atoms with Gasteiger partial charge in [0.1, 0.15) is 0 Å². The highest BCUT2D eigenvalue weighted by Crippen LogP contribution is 2.38. The van der Waals surface area contributed by atoms with Gasteiger partial charge in [-0.1, -0.05) is 12.1 Å². The molecule has 0 bridgehead atoms. The minimum Gasteiger partial charge on any atom is -0.493 e. The number of ether oxygens (including phenoxy) is 5. The third-order valence-electron chi connectivity index (χ3n) is 5.45. The number of carbonyl (C=O) groups excluding carboxylic acids is 3. The van der Waals surface area contributed by atoms with Crippen molar-refractivity contribution in [3.8, 4) is 28.7 Å². The van der Waals surface area contributed by atoms with Gasteiger partial charge in [0.15, 0.2) is 23.0 Å². The van der Waals surface area contributed by atoms with Crippen molar-refractivity contribution in [3.63, 3.8) is 0 Å². The van der Waals surface area contributed by atoms with Gasteiger partial charge >= 0.3 is 5.97 Å². The molecule has 0 fully saturated rings. The fourth-order valence-corrected chi connectivity index (χ4v) is 3.94. The lowest BCUT2D eigenvalue weighted by atomic mass is 10.1. The standard InChI is InChI=1S/C28H28BrN3O8/c1-36-22-13-17(16-31-32-25(33)11-12-30-27(34)19-7-5-6-8-20(19)29)9-10-21(22)40-28(35)18-14-23(37-2)26(39-4)24(15-18)38-3/h5-10,13-16H,11-12H2,1-4H3,(H,30,34)(H,32,33)/b31-16-. The Hall–Kier alpha value is -4.58. The highest BCUT2D eigenvalue weighted by atomic mass is 79.9. The number of carbonyl (C=O) groups is 3. The Morgan fingerprint density at radius 2 is 1.52 bits per heavy atom. The molecule has 0 atom stereocenters. The number of nitrogens with one attached hydrogen (secondary N) is 2. The molecule has 0 aliphatic carbocycles. The minimum absolute atomic E-state index is 0.0344. The summed E-state index contributed by atoms with van der Waals surface area (Å²) >= 11 is 3.32. The fourth-order valence-electron chi connectivity index (χ4n) is 3.47. The second-order valence-electron chi connectivity index (χ2n) is 7.99. The number of hydrogen-bond donors (Lipinski definition) is 2. The van der Waals surface area contributed by atoms with Gasteiger partial charge in [0.2, 0.25) is 11.7 Å². The predicted molar refractivity (Wildman–Crippen MR) is 151 cm³/mol. The van der Waals surface area contributed by atoms with Crippen molar-refractivity contribution in [1.29, 1.82) is 0 Å². The number of methoxy groups -OCH3 is 4. The summed E-state index contributed by atoms with van der Waals surface area (Å²) in [5, 5.41) is 6.62. The number of hydrazone groups is 1. The van der Waals surface area contributed by atoms with Gasteiger partial charge in [0.25, 0.3) is 5.91 Å². The van der Waals surface area contributed by atoms with Crippen LogP contribution in [0.1, 0.15) is 32.7 Å². The lowest BCUT2D eigenvalue weighted by Crippen LogP contribution is -2.29. The van der Waals surface area contributed by atoms with Crippen molar-refractivity contribution in [2.45, 2.75) is 6.42 Å². The van der Waals surface area contributed by atoms with E-state index in [0.717, 1.165) is 0 Å². The number of nitrogens with zero attached hydrogens (tertiary/aromatic N) is 1. The maximum atomic E-state index is 12.8. The first-order valence-corrected chi connectivity index (χ1v) is 12.6. The second kappa shape index (κ2) is 14.5. The summed E-state index contributed by atoms with van der Waals surface area (Å²) in [5.74, 6) is 0.0579. The van der Waals surface area contributed by atoms with Crippen LogP contribution in [0.25, 0.3) is 0 Å². The van der Waals surface area contributed by atoms with Crippen LogP contribution in [0.15, 0.2) is 64.2 Å². The Kier molecular flexibility index (Phi) is 10.9. The second-order valence-corrected chi connectivity index (χ2v) is 8.85. The summed E-state index contributed by atoms with van der Waals surface area (Å²) in [6.45, 7) is 0.140. The third-order valence-corrected chi connectivity index (χ3v) is 6.14. The van der Waals surface area contributed by atoms with Gasteiger partial charge in [0, 0.05) is 17.4 Å². The highest BCUT2D eigenvalue weighted by Gasteiger charge is 2.19. The zero-order valence-electron chi connectivity index (χ0n) is 22.3. The first-order chi connectivity index (χ1) is 19.3. The number of esters is 1. The predicted octanol–water partition coefficient (Wildman–Crippen LogP) is 3.97. The third kappa shape index (κ3) is 7.73. The van der Waals surface area contributed by atoms with Crippen LogP contribution < -0.4 is 34.4 Å². The average molecular weight is 614 g/mol. The zero-order chi connectivity index (χ0) is 29.1. The van der Waals surface area contributed by atoms with Crippen molar-refractivity contribution in [2.75, 3.05) is 35.0 Å². The number of rotatable bonds is 12. The summed E-state index contributed by atoms with van der Waals surface area (Å²) in [7, 11) is 5.78. The van der Waals surface area contributed by atoms with Gasteiger partial charge < -0.3 is 29.0 Å². The first kappa shape index (κ1) is 30.0. The van der Waals surface area contributed by atoms with E-state index in [1.54, 1.807) is 36.4 Å². The number of benzene rings is 3. The van der Waals surface area contributed by atoms with Crippen LogP contribution in [-0.4, -0.2) is 59.0 Å². The Bertz CT molecular complexity index is 1390. The average Bonchev–Trinajstić information content (AvgIpc) is 2.96. The molecule has 0 aliphatic heterocycles. The van der Waals surface area contributed by atoms with E-state index in [4.69, 9.17) is 23.7 Å². The molecule has 0 spiro atoms. The van der Waals surface area contributed by atoms with E-state index in [-0.39, 0.29) is 41.8 Å². The molecule has 11 nitrogen and oxygen atoms in total. The molecule has 0 saturated carbocycles. The summed E-state index contributed by atoms with van der Waals surface area (Å²) in [6.07, 6.45) is 1.44. The van der Waals surface area contributed by atoms with E-state index < -0.39 is 5.97 Å². The number of hydrogen-bond acceptors (Lipinski definition) is 9. The fraction of sp³-hybridized carbons (Fsp3) is 0.214. The van der Waals surface area contributed by atoms with E-state index in [2.05, 4.69) is 31.8 Å². The van der Waals surface area contributed by atoms with E-state index >= 15 is 0 Å². The molecule has 0 unspecified atom stereocenters. The molecule has 2 amide bonds. The van der Waals surface area contributed by atoms with Crippen LogP contribution in [0.3, 0.4) is 0 Å². The van der Waals surface area contributed by atoms with Crippen molar-refractivity contribution in [3.05, 3.63) is 75.8 Å². The highest BCUT2D eigenvalue weighted by molar-refractivity contribution is 9.10. The van der Waals surface area contributed by atoms with Crippen molar-refractivity contribution < 1.29 is 38.1 Å². The maximum absolute atomic E-state index is 12.8. The Balaban J connectivity index is 1.57. The molecule has 0 heterocycles. The Morgan fingerprint density at radius 1 is 0.850 bits per heavy atom.